The Morgan fingerprint density at radius 2 is 1.73 bits per heavy atom. The zero-order valence-corrected chi connectivity index (χ0v) is 16.6. The third-order valence-corrected chi connectivity index (χ3v) is 5.21. The van der Waals surface area contributed by atoms with E-state index in [1.54, 1.807) is 6.08 Å². The van der Waals surface area contributed by atoms with Gasteiger partial charge >= 0.3 is 0 Å². The van der Waals surface area contributed by atoms with E-state index < -0.39 is 5.91 Å². The van der Waals surface area contributed by atoms with Crippen molar-refractivity contribution in [1.29, 1.82) is 0 Å². The van der Waals surface area contributed by atoms with E-state index in [-0.39, 0.29) is 29.9 Å². The van der Waals surface area contributed by atoms with Gasteiger partial charge in [0.1, 0.15) is 0 Å². The van der Waals surface area contributed by atoms with E-state index in [1.165, 1.54) is 11.0 Å². The van der Waals surface area contributed by atoms with Crippen molar-refractivity contribution >= 4 is 34.9 Å². The Morgan fingerprint density at radius 1 is 1.03 bits per heavy atom. The highest BCUT2D eigenvalue weighted by atomic mass is 32.2. The first kappa shape index (κ1) is 19.6. The van der Waals surface area contributed by atoms with Gasteiger partial charge in [-0.05, 0) is 35.5 Å². The Morgan fingerprint density at radius 3 is 2.47 bits per heavy atom. The highest BCUT2D eigenvalue weighted by molar-refractivity contribution is 8.18. The summed E-state index contributed by atoms with van der Waals surface area (Å²) in [7, 11) is 0. The first-order chi connectivity index (χ1) is 14.6. The fourth-order valence-corrected chi connectivity index (χ4v) is 3.68. The molecule has 0 radical (unpaired) electrons. The number of amides is 3. The minimum Gasteiger partial charge on any atom is -0.349 e. The van der Waals surface area contributed by atoms with Crippen LogP contribution in [0.3, 0.4) is 0 Å². The van der Waals surface area contributed by atoms with E-state index in [0.717, 1.165) is 27.9 Å². The summed E-state index contributed by atoms with van der Waals surface area (Å²) in [4.78, 5) is 39.8. The second-order valence-electron chi connectivity index (χ2n) is 6.35. The van der Waals surface area contributed by atoms with Crippen molar-refractivity contribution < 1.29 is 14.4 Å². The molecule has 0 bridgehead atoms. The average Bonchev–Trinajstić information content (AvgIpc) is 3.36. The summed E-state index contributed by atoms with van der Waals surface area (Å²) in [6.45, 7) is 0.197. The maximum absolute atomic E-state index is 12.5. The van der Waals surface area contributed by atoms with Crippen molar-refractivity contribution in [3.8, 4) is 5.69 Å². The molecule has 3 amide bonds. The molecule has 9 heteroatoms. The fraction of sp³-hybridized carbons (Fsp3) is 0.0952. The summed E-state index contributed by atoms with van der Waals surface area (Å²) < 4.78 is 0. The van der Waals surface area contributed by atoms with Crippen molar-refractivity contribution in [1.82, 2.24) is 25.2 Å². The molecule has 3 aromatic rings. The molecule has 1 aliphatic rings. The van der Waals surface area contributed by atoms with Gasteiger partial charge in [-0.25, -0.2) is 0 Å². The molecule has 0 saturated carbocycles. The van der Waals surface area contributed by atoms with Gasteiger partial charge in [0.15, 0.2) is 5.69 Å². The maximum Gasteiger partial charge on any atom is 0.293 e. The van der Waals surface area contributed by atoms with Crippen molar-refractivity contribution in [2.75, 3.05) is 13.1 Å². The normalized spacial score (nSPS) is 15.1. The molecule has 1 aliphatic heterocycles. The standard InChI is InChI=1S/C21H17N5O3S/c27-19(17-14-23-26(24-17)16-9-5-2-6-10-16)22-11-12-25-20(28)18(30-21(25)29)13-15-7-3-1-4-8-15/h1-10,13-14H,11-12H2,(H,22,27)/b18-13-. The molecule has 8 nitrogen and oxygen atoms in total. The van der Waals surface area contributed by atoms with Gasteiger partial charge in [-0.2, -0.15) is 9.90 Å². The highest BCUT2D eigenvalue weighted by Gasteiger charge is 2.34. The zero-order chi connectivity index (χ0) is 20.9. The number of aromatic nitrogens is 3. The van der Waals surface area contributed by atoms with Gasteiger partial charge in [0.2, 0.25) is 0 Å². The number of nitrogens with one attached hydrogen (secondary N) is 1. The number of carbonyl (C=O) groups is 3. The number of imide groups is 1. The Kier molecular flexibility index (Phi) is 5.71. The summed E-state index contributed by atoms with van der Waals surface area (Å²) in [6, 6.07) is 18.5. The SMILES string of the molecule is O=C(NCCN1C(=O)S/C(=C\c2ccccc2)C1=O)c1cnn(-c2ccccc2)n1. The molecule has 1 aromatic heterocycles. The van der Waals surface area contributed by atoms with Crippen LogP contribution in [0.5, 0.6) is 0 Å². The minimum absolute atomic E-state index is 0.0787. The Labute approximate surface area is 176 Å². The van der Waals surface area contributed by atoms with Crippen LogP contribution in [0.4, 0.5) is 4.79 Å². The predicted octanol–water partition coefficient (Wildman–Crippen LogP) is 2.73. The van der Waals surface area contributed by atoms with Crippen LogP contribution in [-0.2, 0) is 4.79 Å². The number of hydrogen-bond donors (Lipinski definition) is 1. The maximum atomic E-state index is 12.5. The van der Waals surface area contributed by atoms with Crippen molar-refractivity contribution in [2.45, 2.75) is 0 Å². The van der Waals surface area contributed by atoms with Gasteiger partial charge in [0.05, 0.1) is 16.8 Å². The smallest absolute Gasteiger partial charge is 0.293 e. The van der Waals surface area contributed by atoms with E-state index in [0.29, 0.717) is 4.91 Å². The van der Waals surface area contributed by atoms with Crippen LogP contribution in [0.15, 0.2) is 71.8 Å². The Bertz CT molecular complexity index is 1110. The van der Waals surface area contributed by atoms with Gasteiger partial charge < -0.3 is 5.32 Å². The van der Waals surface area contributed by atoms with E-state index in [9.17, 15) is 14.4 Å². The predicted molar refractivity (Wildman–Crippen MR) is 113 cm³/mol. The molecule has 1 fully saturated rings. The molecule has 2 aromatic carbocycles. The topological polar surface area (TPSA) is 97.2 Å². The van der Waals surface area contributed by atoms with E-state index in [2.05, 4.69) is 15.5 Å². The Balaban J connectivity index is 1.33. The number of benzene rings is 2. The quantitative estimate of drug-likeness (QED) is 0.617. The minimum atomic E-state index is -0.427. The molecule has 30 heavy (non-hydrogen) atoms. The van der Waals surface area contributed by atoms with Gasteiger partial charge in [0.25, 0.3) is 17.1 Å². The van der Waals surface area contributed by atoms with E-state index in [1.807, 2.05) is 60.7 Å². The summed E-state index contributed by atoms with van der Waals surface area (Å²) >= 11 is 0.893. The molecule has 0 aliphatic carbocycles. The van der Waals surface area contributed by atoms with Crippen LogP contribution < -0.4 is 5.32 Å². The second-order valence-corrected chi connectivity index (χ2v) is 7.35. The van der Waals surface area contributed by atoms with Crippen LogP contribution >= 0.6 is 11.8 Å². The van der Waals surface area contributed by atoms with Gasteiger partial charge in [-0.15, -0.1) is 5.10 Å². The van der Waals surface area contributed by atoms with Crippen LogP contribution in [0.2, 0.25) is 0 Å². The van der Waals surface area contributed by atoms with Crippen LogP contribution in [-0.4, -0.2) is 50.0 Å². The Hall–Kier alpha value is -3.72. The summed E-state index contributed by atoms with van der Waals surface area (Å²) in [5.41, 5.74) is 1.73. The fourth-order valence-electron chi connectivity index (χ4n) is 2.82. The van der Waals surface area contributed by atoms with Crippen molar-refractivity contribution in [3.63, 3.8) is 0 Å². The molecule has 4 rings (SSSR count). The largest absolute Gasteiger partial charge is 0.349 e. The molecular weight excluding hydrogens is 402 g/mol. The number of nitrogens with zero attached hydrogens (tertiary/aromatic N) is 4. The van der Waals surface area contributed by atoms with Crippen LogP contribution in [0, 0.1) is 0 Å². The molecule has 1 saturated heterocycles. The molecule has 0 unspecified atom stereocenters. The molecule has 0 spiro atoms. The van der Waals surface area contributed by atoms with Gasteiger partial charge in [-0.1, -0.05) is 48.5 Å². The first-order valence-corrected chi connectivity index (χ1v) is 10.00. The van der Waals surface area contributed by atoms with Crippen LogP contribution in [0.25, 0.3) is 11.8 Å². The van der Waals surface area contributed by atoms with Gasteiger partial charge in [0, 0.05) is 13.1 Å². The molecule has 2 heterocycles. The van der Waals surface area contributed by atoms with Crippen molar-refractivity contribution in [3.05, 3.63) is 83.0 Å². The molecular formula is C21H17N5O3S. The zero-order valence-electron chi connectivity index (χ0n) is 15.8. The second kappa shape index (κ2) is 8.75. The third kappa shape index (κ3) is 4.31. The number of rotatable bonds is 6. The summed E-state index contributed by atoms with van der Waals surface area (Å²) in [5.74, 6) is -0.790. The van der Waals surface area contributed by atoms with Gasteiger partial charge in [-0.3, -0.25) is 19.3 Å². The molecule has 0 atom stereocenters. The summed E-state index contributed by atoms with van der Waals surface area (Å²) in [5, 5.41) is 10.5. The lowest BCUT2D eigenvalue weighted by Gasteiger charge is -2.12. The average molecular weight is 419 g/mol. The van der Waals surface area contributed by atoms with E-state index >= 15 is 0 Å². The number of para-hydroxylation sites is 1. The number of thioether (sulfide) groups is 1. The number of hydrogen-bond acceptors (Lipinski definition) is 6. The lowest BCUT2D eigenvalue weighted by molar-refractivity contribution is -0.122. The lowest BCUT2D eigenvalue weighted by atomic mass is 10.2. The highest BCUT2D eigenvalue weighted by Crippen LogP contribution is 2.31. The lowest BCUT2D eigenvalue weighted by Crippen LogP contribution is -2.37. The molecule has 150 valence electrons. The van der Waals surface area contributed by atoms with Crippen LogP contribution in [0.1, 0.15) is 16.1 Å². The summed E-state index contributed by atoms with van der Waals surface area (Å²) in [6.07, 6.45) is 3.05. The third-order valence-electron chi connectivity index (χ3n) is 4.30. The van der Waals surface area contributed by atoms with E-state index in [4.69, 9.17) is 0 Å². The van der Waals surface area contributed by atoms with Crippen molar-refractivity contribution in [2.24, 2.45) is 0 Å². The monoisotopic (exact) mass is 419 g/mol. The first-order valence-electron chi connectivity index (χ1n) is 9.18. The molecule has 1 N–H and O–H groups in total. The number of carbonyl (C=O) groups excluding carboxylic acids is 3.